The van der Waals surface area contributed by atoms with Crippen molar-refractivity contribution in [3.05, 3.63) is 0 Å². The summed E-state index contributed by atoms with van der Waals surface area (Å²) >= 11 is 0. The molecule has 1 spiro atoms. The van der Waals surface area contributed by atoms with E-state index in [0.29, 0.717) is 11.5 Å². The fourth-order valence-corrected chi connectivity index (χ4v) is 4.51. The van der Waals surface area contributed by atoms with Gasteiger partial charge < -0.3 is 10.6 Å². The summed E-state index contributed by atoms with van der Waals surface area (Å²) in [6.07, 6.45) is 13.4. The molecule has 0 aromatic heterocycles. The van der Waals surface area contributed by atoms with Crippen molar-refractivity contribution in [2.24, 2.45) is 16.1 Å². The van der Waals surface area contributed by atoms with Crippen molar-refractivity contribution in [2.45, 2.75) is 89.6 Å². The Morgan fingerprint density at radius 3 is 2.20 bits per heavy atom. The Balaban J connectivity index is 1.77. The van der Waals surface area contributed by atoms with Crippen LogP contribution in [-0.2, 0) is 0 Å². The highest BCUT2D eigenvalue weighted by molar-refractivity contribution is 5.81. The Morgan fingerprint density at radius 2 is 1.60 bits per heavy atom. The average Bonchev–Trinajstić information content (AvgIpc) is 2.60. The van der Waals surface area contributed by atoms with Crippen LogP contribution in [0.4, 0.5) is 0 Å². The maximum atomic E-state index is 6.31. The molecule has 2 N–H and O–H groups in total. The van der Waals surface area contributed by atoms with E-state index in [0.717, 1.165) is 12.5 Å². The van der Waals surface area contributed by atoms with Crippen LogP contribution in [0.3, 0.4) is 0 Å². The third kappa shape index (κ3) is 2.56. The molecule has 2 aliphatic carbocycles. The highest BCUT2D eigenvalue weighted by atomic mass is 15.4. The highest BCUT2D eigenvalue weighted by Gasteiger charge is 2.48. The SMILES string of the molecule is CC1(C)CCC2(CC1)CN=C(N)N2C1CCCCCC1. The zero-order valence-electron chi connectivity index (χ0n) is 13.3. The van der Waals surface area contributed by atoms with E-state index < -0.39 is 0 Å². The van der Waals surface area contributed by atoms with Crippen LogP contribution >= 0.6 is 0 Å². The van der Waals surface area contributed by atoms with E-state index in [-0.39, 0.29) is 5.54 Å². The predicted molar refractivity (Wildman–Crippen MR) is 84.8 cm³/mol. The van der Waals surface area contributed by atoms with E-state index in [2.05, 4.69) is 23.7 Å². The van der Waals surface area contributed by atoms with E-state index >= 15 is 0 Å². The fraction of sp³-hybridized carbons (Fsp3) is 0.941. The molecule has 3 heteroatoms. The Bertz CT molecular complexity index is 368. The molecule has 0 bridgehead atoms. The van der Waals surface area contributed by atoms with Crippen LogP contribution in [0.2, 0.25) is 0 Å². The fourth-order valence-electron chi connectivity index (χ4n) is 4.51. The maximum Gasteiger partial charge on any atom is 0.192 e. The molecule has 1 aliphatic heterocycles. The van der Waals surface area contributed by atoms with Crippen LogP contribution in [0.5, 0.6) is 0 Å². The minimum absolute atomic E-state index is 0.272. The van der Waals surface area contributed by atoms with Gasteiger partial charge in [0.05, 0.1) is 12.1 Å². The Morgan fingerprint density at radius 1 is 1.00 bits per heavy atom. The lowest BCUT2D eigenvalue weighted by Gasteiger charge is -2.49. The van der Waals surface area contributed by atoms with Crippen molar-refractivity contribution >= 4 is 5.96 Å². The van der Waals surface area contributed by atoms with E-state index in [4.69, 9.17) is 5.73 Å². The first-order chi connectivity index (χ1) is 9.53. The van der Waals surface area contributed by atoms with E-state index in [1.807, 2.05) is 0 Å². The number of hydrogen-bond donors (Lipinski definition) is 1. The van der Waals surface area contributed by atoms with Gasteiger partial charge in [-0.2, -0.15) is 0 Å². The first-order valence-electron chi connectivity index (χ1n) is 8.62. The van der Waals surface area contributed by atoms with Crippen molar-refractivity contribution in [2.75, 3.05) is 6.54 Å². The molecule has 3 nitrogen and oxygen atoms in total. The van der Waals surface area contributed by atoms with E-state index in [1.54, 1.807) is 0 Å². The number of hydrogen-bond acceptors (Lipinski definition) is 3. The summed E-state index contributed by atoms with van der Waals surface area (Å²) in [4.78, 5) is 7.25. The lowest BCUT2D eigenvalue weighted by Crippen LogP contribution is -2.58. The Hall–Kier alpha value is -0.730. The lowest BCUT2D eigenvalue weighted by molar-refractivity contribution is 0.0535. The second-order valence-corrected chi connectivity index (χ2v) is 8.08. The summed E-state index contributed by atoms with van der Waals surface area (Å²) in [7, 11) is 0. The summed E-state index contributed by atoms with van der Waals surface area (Å²) in [6.45, 7) is 5.77. The Kier molecular flexibility index (Phi) is 3.72. The van der Waals surface area contributed by atoms with Gasteiger partial charge >= 0.3 is 0 Å². The predicted octanol–water partition coefficient (Wildman–Crippen LogP) is 3.68. The summed E-state index contributed by atoms with van der Waals surface area (Å²) in [5, 5.41) is 0. The standard InChI is InChI=1S/C17H31N3/c1-16(2)9-11-17(12-10-16)13-19-15(18)20(17)14-7-5-3-4-6-8-14/h14H,3-13H2,1-2H3,(H2,18,19). The summed E-state index contributed by atoms with van der Waals surface area (Å²) in [5.41, 5.74) is 7.09. The zero-order chi connectivity index (χ0) is 14.2. The molecule has 0 atom stereocenters. The van der Waals surface area contributed by atoms with Crippen LogP contribution < -0.4 is 5.73 Å². The minimum atomic E-state index is 0.272. The van der Waals surface area contributed by atoms with Gasteiger partial charge in [-0.25, -0.2) is 0 Å². The number of rotatable bonds is 1. The van der Waals surface area contributed by atoms with Gasteiger partial charge in [0, 0.05) is 6.04 Å². The van der Waals surface area contributed by atoms with Crippen LogP contribution in [0.15, 0.2) is 4.99 Å². The molecule has 3 rings (SSSR count). The monoisotopic (exact) mass is 277 g/mol. The molecule has 0 amide bonds. The molecule has 2 saturated carbocycles. The molecule has 0 saturated heterocycles. The van der Waals surface area contributed by atoms with Crippen molar-refractivity contribution in [1.29, 1.82) is 0 Å². The molecule has 0 aromatic rings. The zero-order valence-corrected chi connectivity index (χ0v) is 13.3. The number of nitrogens with two attached hydrogens (primary N) is 1. The lowest BCUT2D eigenvalue weighted by atomic mass is 9.68. The summed E-state index contributed by atoms with van der Waals surface area (Å²) in [5.74, 6) is 0.844. The third-order valence-corrected chi connectivity index (χ3v) is 6.02. The van der Waals surface area contributed by atoms with Crippen LogP contribution in [-0.4, -0.2) is 29.0 Å². The molecule has 0 aromatic carbocycles. The van der Waals surface area contributed by atoms with Crippen molar-refractivity contribution in [3.8, 4) is 0 Å². The second kappa shape index (κ2) is 5.23. The Labute approximate surface area is 124 Å². The van der Waals surface area contributed by atoms with Gasteiger partial charge in [-0.15, -0.1) is 0 Å². The molecule has 3 aliphatic rings. The average molecular weight is 277 g/mol. The highest BCUT2D eigenvalue weighted by Crippen LogP contribution is 2.46. The van der Waals surface area contributed by atoms with Crippen LogP contribution in [0, 0.1) is 5.41 Å². The normalized spacial score (nSPS) is 30.3. The molecular weight excluding hydrogens is 246 g/mol. The minimum Gasteiger partial charge on any atom is -0.370 e. The van der Waals surface area contributed by atoms with Gasteiger partial charge in [0.1, 0.15) is 0 Å². The van der Waals surface area contributed by atoms with Gasteiger partial charge in [-0.05, 0) is 43.9 Å². The van der Waals surface area contributed by atoms with Crippen molar-refractivity contribution in [1.82, 2.24) is 4.90 Å². The number of nitrogens with zero attached hydrogens (tertiary/aromatic N) is 2. The van der Waals surface area contributed by atoms with Gasteiger partial charge in [0.15, 0.2) is 5.96 Å². The third-order valence-electron chi connectivity index (χ3n) is 6.02. The smallest absolute Gasteiger partial charge is 0.192 e. The van der Waals surface area contributed by atoms with E-state index in [9.17, 15) is 0 Å². The first kappa shape index (κ1) is 14.2. The topological polar surface area (TPSA) is 41.6 Å². The molecular formula is C17H31N3. The van der Waals surface area contributed by atoms with Gasteiger partial charge in [0.25, 0.3) is 0 Å². The largest absolute Gasteiger partial charge is 0.370 e. The van der Waals surface area contributed by atoms with Crippen molar-refractivity contribution < 1.29 is 0 Å². The summed E-state index contributed by atoms with van der Waals surface area (Å²) < 4.78 is 0. The van der Waals surface area contributed by atoms with Crippen LogP contribution in [0.1, 0.15) is 78.1 Å². The number of guanidine groups is 1. The maximum absolute atomic E-state index is 6.31. The molecule has 0 radical (unpaired) electrons. The van der Waals surface area contributed by atoms with Gasteiger partial charge in [0.2, 0.25) is 0 Å². The molecule has 2 fully saturated rings. The summed E-state index contributed by atoms with van der Waals surface area (Å²) in [6, 6.07) is 0.657. The number of aliphatic imine (C=N–C) groups is 1. The molecule has 1 heterocycles. The quantitative estimate of drug-likeness (QED) is 0.743. The van der Waals surface area contributed by atoms with Crippen LogP contribution in [0.25, 0.3) is 0 Å². The first-order valence-corrected chi connectivity index (χ1v) is 8.62. The van der Waals surface area contributed by atoms with Gasteiger partial charge in [-0.3, -0.25) is 4.99 Å². The molecule has 114 valence electrons. The second-order valence-electron chi connectivity index (χ2n) is 8.08. The van der Waals surface area contributed by atoms with Gasteiger partial charge in [-0.1, -0.05) is 39.5 Å². The molecule has 20 heavy (non-hydrogen) atoms. The van der Waals surface area contributed by atoms with E-state index in [1.165, 1.54) is 64.2 Å². The molecule has 0 unspecified atom stereocenters. The van der Waals surface area contributed by atoms with Crippen molar-refractivity contribution in [3.63, 3.8) is 0 Å².